The van der Waals surface area contributed by atoms with Crippen LogP contribution in [0, 0.1) is 0 Å². The van der Waals surface area contributed by atoms with Crippen LogP contribution in [0.4, 0.5) is 0 Å². The summed E-state index contributed by atoms with van der Waals surface area (Å²) in [4.78, 5) is 26.3. The molecule has 0 saturated heterocycles. The van der Waals surface area contributed by atoms with Gasteiger partial charge in [-0.05, 0) is 41.1 Å². The van der Waals surface area contributed by atoms with Gasteiger partial charge in [0.1, 0.15) is 0 Å². The smallest absolute Gasteiger partial charge is 0.252 e. The lowest BCUT2D eigenvalue weighted by Gasteiger charge is -2.28. The first kappa shape index (κ1) is 18.7. The molecule has 0 spiro atoms. The molecule has 2 N–H and O–H groups in total. The Morgan fingerprint density at radius 3 is 2.50 bits per heavy atom. The summed E-state index contributed by atoms with van der Waals surface area (Å²) in [6.45, 7) is 0.624. The molecule has 2 amide bonds. The Morgan fingerprint density at radius 1 is 0.929 bits per heavy atom. The Kier molecular flexibility index (Phi) is 5.44. The van der Waals surface area contributed by atoms with Gasteiger partial charge in [-0.3, -0.25) is 9.59 Å². The molecular weight excluding hydrogens is 368 g/mol. The fourth-order valence-corrected chi connectivity index (χ4v) is 5.14. The summed E-state index contributed by atoms with van der Waals surface area (Å²) in [7, 11) is 0. The van der Waals surface area contributed by atoms with Gasteiger partial charge >= 0.3 is 0 Å². The van der Waals surface area contributed by atoms with Crippen LogP contribution in [0.25, 0.3) is 10.8 Å². The lowest BCUT2D eigenvalue weighted by molar-refractivity contribution is -0.120. The maximum Gasteiger partial charge on any atom is 0.252 e. The van der Waals surface area contributed by atoms with E-state index in [2.05, 4.69) is 28.1 Å². The summed E-state index contributed by atoms with van der Waals surface area (Å²) >= 11 is 1.77. The summed E-state index contributed by atoms with van der Waals surface area (Å²) in [5.41, 5.74) is 0.653. The first-order valence-corrected chi connectivity index (χ1v) is 10.6. The van der Waals surface area contributed by atoms with E-state index in [0.717, 1.165) is 23.6 Å². The number of carbonyl (C=O) groups is 2. The molecule has 0 unspecified atom stereocenters. The number of hydrogen-bond acceptors (Lipinski definition) is 3. The average Bonchev–Trinajstić information content (AvgIpc) is 3.42. The van der Waals surface area contributed by atoms with Crippen LogP contribution in [0.5, 0.6) is 0 Å². The van der Waals surface area contributed by atoms with Gasteiger partial charge in [0.25, 0.3) is 5.91 Å². The first-order valence-electron chi connectivity index (χ1n) is 9.75. The summed E-state index contributed by atoms with van der Waals surface area (Å²) in [5, 5.41) is 9.82. The summed E-state index contributed by atoms with van der Waals surface area (Å²) in [6.07, 6.45) is 4.61. The number of thiophene rings is 1. The van der Waals surface area contributed by atoms with E-state index in [9.17, 15) is 9.59 Å². The van der Waals surface area contributed by atoms with Crippen molar-refractivity contribution in [1.82, 2.24) is 10.6 Å². The number of amides is 2. The fourth-order valence-electron chi connectivity index (χ4n) is 4.15. The standard InChI is InChI=1S/C23H24N2O2S/c26-21(25-16-23(12-3-4-13-23)20-11-6-14-28-20)15-24-22(27)19-10-5-8-17-7-1-2-9-18(17)19/h1-2,5-11,14H,3-4,12-13,15-16H2,(H,24,27)(H,25,26). The molecular formula is C23H24N2O2S. The number of benzene rings is 2. The molecule has 144 valence electrons. The van der Waals surface area contributed by atoms with Gasteiger partial charge in [-0.1, -0.05) is 55.3 Å². The lowest BCUT2D eigenvalue weighted by Crippen LogP contribution is -2.43. The van der Waals surface area contributed by atoms with Gasteiger partial charge in [-0.15, -0.1) is 11.3 Å². The van der Waals surface area contributed by atoms with Crippen LogP contribution in [0.3, 0.4) is 0 Å². The fraction of sp³-hybridized carbons (Fsp3) is 0.304. The minimum Gasteiger partial charge on any atom is -0.354 e. The molecule has 5 heteroatoms. The molecule has 1 aliphatic carbocycles. The van der Waals surface area contributed by atoms with Crippen molar-refractivity contribution in [3.8, 4) is 0 Å². The molecule has 1 fully saturated rings. The highest BCUT2D eigenvalue weighted by molar-refractivity contribution is 7.10. The average molecular weight is 393 g/mol. The number of fused-ring (bicyclic) bond motifs is 1. The van der Waals surface area contributed by atoms with E-state index < -0.39 is 0 Å². The van der Waals surface area contributed by atoms with Gasteiger partial charge in [0.2, 0.25) is 5.91 Å². The van der Waals surface area contributed by atoms with Crippen LogP contribution in [-0.2, 0) is 10.2 Å². The van der Waals surface area contributed by atoms with Crippen molar-refractivity contribution in [2.75, 3.05) is 13.1 Å². The largest absolute Gasteiger partial charge is 0.354 e. The van der Waals surface area contributed by atoms with E-state index in [0.29, 0.717) is 12.1 Å². The van der Waals surface area contributed by atoms with Crippen LogP contribution in [-0.4, -0.2) is 24.9 Å². The second-order valence-electron chi connectivity index (χ2n) is 7.45. The lowest BCUT2D eigenvalue weighted by atomic mass is 9.84. The van der Waals surface area contributed by atoms with Crippen LogP contribution >= 0.6 is 11.3 Å². The van der Waals surface area contributed by atoms with Gasteiger partial charge in [-0.25, -0.2) is 0 Å². The zero-order valence-electron chi connectivity index (χ0n) is 15.7. The first-order chi connectivity index (χ1) is 13.7. The molecule has 4 rings (SSSR count). The second-order valence-corrected chi connectivity index (χ2v) is 8.40. The van der Waals surface area contributed by atoms with Crippen molar-refractivity contribution in [3.05, 3.63) is 70.4 Å². The maximum atomic E-state index is 12.6. The van der Waals surface area contributed by atoms with E-state index >= 15 is 0 Å². The minimum atomic E-state index is -0.221. The van der Waals surface area contributed by atoms with E-state index in [1.807, 2.05) is 36.4 Å². The maximum absolute atomic E-state index is 12.6. The van der Waals surface area contributed by atoms with E-state index in [1.54, 1.807) is 17.4 Å². The number of hydrogen-bond donors (Lipinski definition) is 2. The normalized spacial score (nSPS) is 15.4. The molecule has 1 heterocycles. The molecule has 1 aliphatic rings. The molecule has 4 nitrogen and oxygen atoms in total. The van der Waals surface area contributed by atoms with Crippen LogP contribution in [0.2, 0.25) is 0 Å². The highest BCUT2D eigenvalue weighted by Crippen LogP contribution is 2.42. The third kappa shape index (κ3) is 3.80. The van der Waals surface area contributed by atoms with E-state index in [1.165, 1.54) is 17.7 Å². The third-order valence-corrected chi connectivity index (χ3v) is 6.79. The van der Waals surface area contributed by atoms with Gasteiger partial charge in [0, 0.05) is 22.4 Å². The Labute approximate surface area is 169 Å². The Bertz CT molecular complexity index is 970. The highest BCUT2D eigenvalue weighted by Gasteiger charge is 2.36. The number of carbonyl (C=O) groups excluding carboxylic acids is 2. The Balaban J connectivity index is 1.36. The molecule has 2 aromatic carbocycles. The topological polar surface area (TPSA) is 58.2 Å². The Hall–Kier alpha value is -2.66. The predicted octanol–water partition coefficient (Wildman–Crippen LogP) is 4.26. The molecule has 0 bridgehead atoms. The van der Waals surface area contributed by atoms with Crippen LogP contribution < -0.4 is 10.6 Å². The molecule has 0 aliphatic heterocycles. The van der Waals surface area contributed by atoms with Crippen molar-refractivity contribution in [3.63, 3.8) is 0 Å². The van der Waals surface area contributed by atoms with Crippen LogP contribution in [0.15, 0.2) is 60.0 Å². The quantitative estimate of drug-likeness (QED) is 0.659. The summed E-state index contributed by atoms with van der Waals surface area (Å²) in [5.74, 6) is -0.364. The molecule has 1 aromatic heterocycles. The third-order valence-electron chi connectivity index (χ3n) is 5.67. The van der Waals surface area contributed by atoms with Crippen molar-refractivity contribution in [2.45, 2.75) is 31.1 Å². The number of rotatable bonds is 6. The van der Waals surface area contributed by atoms with Gasteiger partial charge < -0.3 is 10.6 Å². The zero-order valence-corrected chi connectivity index (χ0v) is 16.6. The minimum absolute atomic E-state index is 0.0113. The highest BCUT2D eigenvalue weighted by atomic mass is 32.1. The summed E-state index contributed by atoms with van der Waals surface area (Å²) < 4.78 is 0. The Morgan fingerprint density at radius 2 is 1.71 bits per heavy atom. The summed E-state index contributed by atoms with van der Waals surface area (Å²) in [6, 6.07) is 17.6. The molecule has 1 saturated carbocycles. The SMILES string of the molecule is O=C(CNC(=O)c1cccc2ccccc12)NCC1(c2cccs2)CCCC1. The second kappa shape index (κ2) is 8.15. The van der Waals surface area contributed by atoms with Gasteiger partial charge in [0.15, 0.2) is 0 Å². The number of nitrogens with one attached hydrogen (secondary N) is 2. The zero-order chi connectivity index (χ0) is 19.4. The van der Waals surface area contributed by atoms with E-state index in [4.69, 9.17) is 0 Å². The van der Waals surface area contributed by atoms with Crippen molar-refractivity contribution in [1.29, 1.82) is 0 Å². The van der Waals surface area contributed by atoms with Gasteiger partial charge in [-0.2, -0.15) is 0 Å². The van der Waals surface area contributed by atoms with E-state index in [-0.39, 0.29) is 23.8 Å². The molecule has 28 heavy (non-hydrogen) atoms. The molecule has 0 atom stereocenters. The molecule has 3 aromatic rings. The predicted molar refractivity (Wildman–Crippen MR) is 114 cm³/mol. The van der Waals surface area contributed by atoms with Gasteiger partial charge in [0.05, 0.1) is 6.54 Å². The van der Waals surface area contributed by atoms with Crippen molar-refractivity contribution in [2.24, 2.45) is 0 Å². The van der Waals surface area contributed by atoms with Crippen molar-refractivity contribution >= 4 is 33.9 Å². The van der Waals surface area contributed by atoms with Crippen LogP contribution in [0.1, 0.15) is 40.9 Å². The monoisotopic (exact) mass is 392 g/mol. The molecule has 0 radical (unpaired) electrons. The van der Waals surface area contributed by atoms with Crippen molar-refractivity contribution < 1.29 is 9.59 Å².